The highest BCUT2D eigenvalue weighted by Crippen LogP contribution is 2.36. The summed E-state index contributed by atoms with van der Waals surface area (Å²) >= 11 is 0. The number of aromatic amines is 1. The minimum atomic E-state index is 0.154. The molecule has 0 aliphatic carbocycles. The van der Waals surface area contributed by atoms with Crippen LogP contribution in [0.4, 0.5) is 5.82 Å². The van der Waals surface area contributed by atoms with Crippen molar-refractivity contribution in [2.45, 2.75) is 32.7 Å². The molecule has 5 heteroatoms. The van der Waals surface area contributed by atoms with Crippen molar-refractivity contribution >= 4 is 16.9 Å². The van der Waals surface area contributed by atoms with Crippen molar-refractivity contribution < 1.29 is 5.11 Å². The Hall–Kier alpha value is -1.62. The van der Waals surface area contributed by atoms with E-state index in [1.54, 1.807) is 6.33 Å². The van der Waals surface area contributed by atoms with Gasteiger partial charge in [0.05, 0.1) is 18.0 Å². The smallest absolute Gasteiger partial charge is 0.142 e. The van der Waals surface area contributed by atoms with E-state index < -0.39 is 0 Å². The molecule has 1 fully saturated rings. The first kappa shape index (κ1) is 12.4. The Morgan fingerprint density at radius 2 is 2.32 bits per heavy atom. The van der Waals surface area contributed by atoms with Crippen LogP contribution in [0.3, 0.4) is 0 Å². The van der Waals surface area contributed by atoms with E-state index in [1.807, 2.05) is 12.3 Å². The Balaban J connectivity index is 2.04. The van der Waals surface area contributed by atoms with Gasteiger partial charge in [-0.05, 0) is 24.3 Å². The molecule has 0 unspecified atom stereocenters. The lowest BCUT2D eigenvalue weighted by atomic mass is 9.81. The predicted octanol–water partition coefficient (Wildman–Crippen LogP) is 1.95. The van der Waals surface area contributed by atoms with Crippen molar-refractivity contribution in [3.8, 4) is 0 Å². The summed E-state index contributed by atoms with van der Waals surface area (Å²) in [5.74, 6) is 0.929. The van der Waals surface area contributed by atoms with Crippen LogP contribution in [-0.4, -0.2) is 39.3 Å². The molecule has 2 N–H and O–H groups in total. The molecular formula is C14H20N4O. The van der Waals surface area contributed by atoms with E-state index >= 15 is 0 Å². The van der Waals surface area contributed by atoms with Gasteiger partial charge in [0.15, 0.2) is 0 Å². The molecule has 2 aromatic rings. The zero-order valence-corrected chi connectivity index (χ0v) is 11.4. The zero-order chi connectivity index (χ0) is 13.5. The number of rotatable bonds is 2. The summed E-state index contributed by atoms with van der Waals surface area (Å²) in [4.78, 5) is 14.0. The van der Waals surface area contributed by atoms with Crippen LogP contribution in [0.15, 0.2) is 18.6 Å². The first-order valence-corrected chi connectivity index (χ1v) is 6.76. The van der Waals surface area contributed by atoms with Gasteiger partial charge in [-0.1, -0.05) is 13.8 Å². The highest BCUT2D eigenvalue weighted by molar-refractivity contribution is 5.87. The van der Waals surface area contributed by atoms with Crippen molar-refractivity contribution in [3.63, 3.8) is 0 Å². The Bertz CT molecular complexity index is 578. The molecular weight excluding hydrogens is 240 g/mol. The van der Waals surface area contributed by atoms with E-state index in [4.69, 9.17) is 0 Å². The number of hydrogen-bond acceptors (Lipinski definition) is 4. The molecule has 102 valence electrons. The first-order valence-electron chi connectivity index (χ1n) is 6.76. The maximum atomic E-state index is 9.62. The summed E-state index contributed by atoms with van der Waals surface area (Å²) in [7, 11) is 0. The lowest BCUT2D eigenvalue weighted by Crippen LogP contribution is -2.49. The fourth-order valence-corrected chi connectivity index (χ4v) is 2.91. The number of nitrogens with one attached hydrogen (secondary N) is 1. The SMILES string of the molecule is CC1(C)CC[C@@H](CO)N(c2ncnc3[nH]ccc23)C1. The highest BCUT2D eigenvalue weighted by Gasteiger charge is 2.34. The summed E-state index contributed by atoms with van der Waals surface area (Å²) < 4.78 is 0. The van der Waals surface area contributed by atoms with E-state index in [1.165, 1.54) is 0 Å². The number of H-pyrrole nitrogens is 1. The number of aliphatic hydroxyl groups excluding tert-OH is 1. The molecule has 0 radical (unpaired) electrons. The van der Waals surface area contributed by atoms with Crippen molar-refractivity contribution in [3.05, 3.63) is 18.6 Å². The van der Waals surface area contributed by atoms with Crippen LogP contribution in [0.25, 0.3) is 11.0 Å². The lowest BCUT2D eigenvalue weighted by molar-refractivity contribution is 0.190. The Morgan fingerprint density at radius 3 is 3.11 bits per heavy atom. The van der Waals surface area contributed by atoms with Gasteiger partial charge in [-0.2, -0.15) is 0 Å². The average Bonchev–Trinajstić information content (AvgIpc) is 2.85. The topological polar surface area (TPSA) is 65.0 Å². The maximum absolute atomic E-state index is 9.62. The second-order valence-corrected chi connectivity index (χ2v) is 6.10. The van der Waals surface area contributed by atoms with Crippen LogP contribution in [-0.2, 0) is 0 Å². The van der Waals surface area contributed by atoms with Gasteiger partial charge in [-0.3, -0.25) is 0 Å². The normalized spacial score (nSPS) is 22.9. The molecule has 19 heavy (non-hydrogen) atoms. The van der Waals surface area contributed by atoms with Gasteiger partial charge in [0.25, 0.3) is 0 Å². The van der Waals surface area contributed by atoms with Crippen LogP contribution < -0.4 is 4.90 Å². The van der Waals surface area contributed by atoms with Gasteiger partial charge in [0, 0.05) is 12.7 Å². The van der Waals surface area contributed by atoms with Crippen LogP contribution in [0, 0.1) is 5.41 Å². The molecule has 0 spiro atoms. The maximum Gasteiger partial charge on any atom is 0.142 e. The zero-order valence-electron chi connectivity index (χ0n) is 11.4. The van der Waals surface area contributed by atoms with E-state index in [9.17, 15) is 5.11 Å². The minimum Gasteiger partial charge on any atom is -0.394 e. The van der Waals surface area contributed by atoms with Crippen LogP contribution in [0.1, 0.15) is 26.7 Å². The lowest BCUT2D eigenvalue weighted by Gasteiger charge is -2.44. The molecule has 0 bridgehead atoms. The van der Waals surface area contributed by atoms with E-state index in [-0.39, 0.29) is 18.1 Å². The quantitative estimate of drug-likeness (QED) is 0.866. The van der Waals surface area contributed by atoms with Gasteiger partial charge < -0.3 is 15.0 Å². The molecule has 2 aromatic heterocycles. The average molecular weight is 260 g/mol. The van der Waals surface area contributed by atoms with Crippen molar-refractivity contribution in [2.24, 2.45) is 5.41 Å². The Kier molecular flexibility index (Phi) is 2.93. The third kappa shape index (κ3) is 2.18. The number of fused-ring (bicyclic) bond motifs is 1. The largest absolute Gasteiger partial charge is 0.394 e. The molecule has 1 saturated heterocycles. The number of hydrogen-bond donors (Lipinski definition) is 2. The molecule has 1 aliphatic rings. The summed E-state index contributed by atoms with van der Waals surface area (Å²) in [5, 5.41) is 10.6. The van der Waals surface area contributed by atoms with Crippen molar-refractivity contribution in [1.29, 1.82) is 0 Å². The second-order valence-electron chi connectivity index (χ2n) is 6.10. The van der Waals surface area contributed by atoms with Crippen molar-refractivity contribution in [2.75, 3.05) is 18.1 Å². The third-order valence-electron chi connectivity index (χ3n) is 4.01. The Morgan fingerprint density at radius 1 is 1.47 bits per heavy atom. The van der Waals surface area contributed by atoms with Crippen LogP contribution >= 0.6 is 0 Å². The van der Waals surface area contributed by atoms with Crippen LogP contribution in [0.2, 0.25) is 0 Å². The fraction of sp³-hybridized carbons (Fsp3) is 0.571. The van der Waals surface area contributed by atoms with Gasteiger partial charge in [-0.25, -0.2) is 9.97 Å². The molecule has 0 aromatic carbocycles. The summed E-state index contributed by atoms with van der Waals surface area (Å²) in [6, 6.07) is 2.15. The number of nitrogens with zero attached hydrogens (tertiary/aromatic N) is 3. The number of anilines is 1. The van der Waals surface area contributed by atoms with Crippen LogP contribution in [0.5, 0.6) is 0 Å². The molecule has 5 nitrogen and oxygen atoms in total. The number of piperidine rings is 1. The monoisotopic (exact) mass is 260 g/mol. The highest BCUT2D eigenvalue weighted by atomic mass is 16.3. The Labute approximate surface area is 112 Å². The molecule has 0 amide bonds. The van der Waals surface area contributed by atoms with E-state index in [0.29, 0.717) is 0 Å². The van der Waals surface area contributed by atoms with Crippen molar-refractivity contribution in [1.82, 2.24) is 15.0 Å². The summed E-state index contributed by atoms with van der Waals surface area (Å²) in [6.07, 6.45) is 5.60. The molecule has 3 heterocycles. The second kappa shape index (κ2) is 4.49. The number of aliphatic hydroxyl groups is 1. The van der Waals surface area contributed by atoms with E-state index in [2.05, 4.69) is 33.7 Å². The van der Waals surface area contributed by atoms with E-state index in [0.717, 1.165) is 36.2 Å². The standard InChI is InChI=1S/C14H20N4O/c1-14(2)5-3-10(7-19)18(8-14)13-11-4-6-15-12(11)16-9-17-13/h4,6,9-10,19H,3,5,7-8H2,1-2H3,(H,15,16,17)/t10-/m0/s1. The molecule has 1 aliphatic heterocycles. The van der Waals surface area contributed by atoms with Gasteiger partial charge in [0.2, 0.25) is 0 Å². The van der Waals surface area contributed by atoms with Gasteiger partial charge in [0.1, 0.15) is 17.8 Å². The summed E-state index contributed by atoms with van der Waals surface area (Å²) in [5.41, 5.74) is 1.10. The minimum absolute atomic E-state index is 0.154. The molecule has 1 atom stereocenters. The third-order valence-corrected chi connectivity index (χ3v) is 4.01. The van der Waals surface area contributed by atoms with Gasteiger partial charge >= 0.3 is 0 Å². The predicted molar refractivity (Wildman–Crippen MR) is 75.1 cm³/mol. The molecule has 0 saturated carbocycles. The van der Waals surface area contributed by atoms with Gasteiger partial charge in [-0.15, -0.1) is 0 Å². The molecule has 3 rings (SSSR count). The first-order chi connectivity index (χ1) is 9.11. The summed E-state index contributed by atoms with van der Waals surface area (Å²) in [6.45, 7) is 5.62. The number of aromatic nitrogens is 3. The fourth-order valence-electron chi connectivity index (χ4n) is 2.91.